The molecule has 0 aromatic heterocycles. The fourth-order valence-corrected chi connectivity index (χ4v) is 2.36. The fourth-order valence-electron chi connectivity index (χ4n) is 1.87. The molecule has 2 atom stereocenters. The Hall–Kier alpha value is -0.540. The summed E-state index contributed by atoms with van der Waals surface area (Å²) in [6, 6.07) is 6.46. The monoisotopic (exact) mass is 285 g/mol. The van der Waals surface area contributed by atoms with Gasteiger partial charge in [-0.15, -0.1) is 0 Å². The van der Waals surface area contributed by atoms with E-state index in [0.717, 1.165) is 16.6 Å². The van der Waals surface area contributed by atoms with E-state index in [4.69, 9.17) is 4.74 Å². The van der Waals surface area contributed by atoms with E-state index in [9.17, 15) is 0 Å². The summed E-state index contributed by atoms with van der Waals surface area (Å²) in [7, 11) is 3.70. The van der Waals surface area contributed by atoms with Crippen molar-refractivity contribution in [2.24, 2.45) is 5.92 Å². The first kappa shape index (κ1) is 13.5. The molecule has 1 aromatic rings. The Kier molecular flexibility index (Phi) is 5.29. The predicted octanol–water partition coefficient (Wildman–Crippen LogP) is 3.76. The first-order valence-electron chi connectivity index (χ1n) is 5.64. The summed E-state index contributed by atoms with van der Waals surface area (Å²) in [4.78, 5) is 0. The van der Waals surface area contributed by atoms with Gasteiger partial charge in [-0.1, -0.05) is 36.2 Å². The summed E-state index contributed by atoms with van der Waals surface area (Å²) < 4.78 is 6.40. The summed E-state index contributed by atoms with van der Waals surface area (Å²) in [5, 5.41) is 3.38. The highest BCUT2D eigenvalue weighted by atomic mass is 79.9. The molecular weight excluding hydrogens is 266 g/mol. The molecule has 0 bridgehead atoms. The maximum absolute atomic E-state index is 5.27. The molecule has 0 heterocycles. The Morgan fingerprint density at radius 3 is 2.62 bits per heavy atom. The van der Waals surface area contributed by atoms with E-state index in [-0.39, 0.29) is 0 Å². The second kappa shape index (κ2) is 6.26. The van der Waals surface area contributed by atoms with Crippen molar-refractivity contribution in [1.82, 2.24) is 5.32 Å². The fraction of sp³-hybridized carbons (Fsp3) is 0.538. The lowest BCUT2D eigenvalue weighted by atomic mass is 9.92. The highest BCUT2D eigenvalue weighted by Gasteiger charge is 2.18. The third-order valence-corrected chi connectivity index (χ3v) is 3.78. The first-order valence-corrected chi connectivity index (χ1v) is 6.44. The minimum atomic E-state index is 0.356. The Bertz CT molecular complexity index is 341. The summed E-state index contributed by atoms with van der Waals surface area (Å²) in [5.74, 6) is 1.50. The van der Waals surface area contributed by atoms with Crippen LogP contribution in [0.5, 0.6) is 5.75 Å². The molecule has 0 aliphatic carbocycles. The van der Waals surface area contributed by atoms with Gasteiger partial charge < -0.3 is 10.1 Å². The SMILES string of the molecule is CCC(C)C(NC)c1cc(OC)ccc1Br. The van der Waals surface area contributed by atoms with E-state index in [0.29, 0.717) is 12.0 Å². The minimum absolute atomic E-state index is 0.356. The van der Waals surface area contributed by atoms with Gasteiger partial charge in [0, 0.05) is 10.5 Å². The number of ether oxygens (including phenoxy) is 1. The largest absolute Gasteiger partial charge is 0.497 e. The molecule has 0 fully saturated rings. The number of hydrogen-bond donors (Lipinski definition) is 1. The molecule has 1 aromatic carbocycles. The maximum Gasteiger partial charge on any atom is 0.119 e. The zero-order valence-electron chi connectivity index (χ0n) is 10.4. The molecule has 2 unspecified atom stereocenters. The molecule has 16 heavy (non-hydrogen) atoms. The smallest absolute Gasteiger partial charge is 0.119 e. The molecule has 0 aliphatic heterocycles. The van der Waals surface area contributed by atoms with Crippen LogP contribution in [-0.4, -0.2) is 14.2 Å². The van der Waals surface area contributed by atoms with Crippen molar-refractivity contribution in [1.29, 1.82) is 0 Å². The van der Waals surface area contributed by atoms with E-state index in [1.807, 2.05) is 19.2 Å². The van der Waals surface area contributed by atoms with E-state index in [2.05, 4.69) is 41.2 Å². The van der Waals surface area contributed by atoms with Crippen molar-refractivity contribution >= 4 is 15.9 Å². The van der Waals surface area contributed by atoms with Crippen LogP contribution in [-0.2, 0) is 0 Å². The van der Waals surface area contributed by atoms with Crippen LogP contribution in [0.4, 0.5) is 0 Å². The van der Waals surface area contributed by atoms with Gasteiger partial charge in [0.2, 0.25) is 0 Å². The third kappa shape index (κ3) is 2.98. The average Bonchev–Trinajstić information content (AvgIpc) is 2.32. The van der Waals surface area contributed by atoms with Crippen molar-refractivity contribution in [3.05, 3.63) is 28.2 Å². The first-order chi connectivity index (χ1) is 7.63. The minimum Gasteiger partial charge on any atom is -0.497 e. The van der Waals surface area contributed by atoms with Crippen LogP contribution in [0.2, 0.25) is 0 Å². The van der Waals surface area contributed by atoms with Crippen LogP contribution in [0, 0.1) is 5.92 Å². The molecule has 0 radical (unpaired) electrons. The van der Waals surface area contributed by atoms with Crippen LogP contribution < -0.4 is 10.1 Å². The van der Waals surface area contributed by atoms with Crippen LogP contribution >= 0.6 is 15.9 Å². The number of rotatable bonds is 5. The lowest BCUT2D eigenvalue weighted by molar-refractivity contribution is 0.391. The van der Waals surface area contributed by atoms with Crippen molar-refractivity contribution in [2.45, 2.75) is 26.3 Å². The highest BCUT2D eigenvalue weighted by Crippen LogP contribution is 2.32. The standard InChI is InChI=1S/C13H20BrNO/c1-5-9(2)13(15-3)11-8-10(16-4)6-7-12(11)14/h6-9,13,15H,5H2,1-4H3. The molecule has 2 nitrogen and oxygen atoms in total. The van der Waals surface area contributed by atoms with Gasteiger partial charge in [0.25, 0.3) is 0 Å². The Balaban J connectivity index is 3.07. The van der Waals surface area contributed by atoms with Gasteiger partial charge in [0.05, 0.1) is 7.11 Å². The van der Waals surface area contributed by atoms with Crippen molar-refractivity contribution in [3.8, 4) is 5.75 Å². The summed E-state index contributed by atoms with van der Waals surface area (Å²) in [5.41, 5.74) is 1.26. The molecule has 0 saturated heterocycles. The Labute approximate surface area is 107 Å². The average molecular weight is 286 g/mol. The van der Waals surface area contributed by atoms with E-state index >= 15 is 0 Å². The molecule has 90 valence electrons. The third-order valence-electron chi connectivity index (χ3n) is 3.06. The molecule has 0 spiro atoms. The molecule has 0 aliphatic rings. The Morgan fingerprint density at radius 2 is 2.12 bits per heavy atom. The molecule has 1 rings (SSSR count). The topological polar surface area (TPSA) is 21.3 Å². The quantitative estimate of drug-likeness (QED) is 0.889. The van der Waals surface area contributed by atoms with E-state index in [1.165, 1.54) is 5.56 Å². The lowest BCUT2D eigenvalue weighted by Gasteiger charge is -2.24. The van der Waals surface area contributed by atoms with Crippen LogP contribution in [0.1, 0.15) is 31.9 Å². The second-order valence-electron chi connectivity index (χ2n) is 4.04. The molecule has 3 heteroatoms. The normalized spacial score (nSPS) is 14.6. The zero-order valence-corrected chi connectivity index (χ0v) is 12.0. The summed E-state index contributed by atoms with van der Waals surface area (Å²) in [6.45, 7) is 4.47. The van der Waals surface area contributed by atoms with Crippen LogP contribution in [0.3, 0.4) is 0 Å². The van der Waals surface area contributed by atoms with Crippen molar-refractivity contribution in [2.75, 3.05) is 14.2 Å². The van der Waals surface area contributed by atoms with Gasteiger partial charge in [-0.25, -0.2) is 0 Å². The molecular formula is C13H20BrNO. The number of nitrogens with one attached hydrogen (secondary N) is 1. The molecule has 1 N–H and O–H groups in total. The predicted molar refractivity (Wildman–Crippen MR) is 71.9 cm³/mol. The molecule has 0 saturated carbocycles. The number of halogens is 1. The van der Waals surface area contributed by atoms with E-state index in [1.54, 1.807) is 7.11 Å². The van der Waals surface area contributed by atoms with Crippen molar-refractivity contribution < 1.29 is 4.74 Å². The van der Waals surface area contributed by atoms with E-state index < -0.39 is 0 Å². The number of benzene rings is 1. The van der Waals surface area contributed by atoms with Gasteiger partial charge in [0.1, 0.15) is 5.75 Å². The number of methoxy groups -OCH3 is 1. The van der Waals surface area contributed by atoms with Crippen molar-refractivity contribution in [3.63, 3.8) is 0 Å². The summed E-state index contributed by atoms with van der Waals surface area (Å²) >= 11 is 3.60. The van der Waals surface area contributed by atoms with Gasteiger partial charge >= 0.3 is 0 Å². The molecule has 0 amide bonds. The maximum atomic E-state index is 5.27. The lowest BCUT2D eigenvalue weighted by Crippen LogP contribution is -2.23. The van der Waals surface area contributed by atoms with Crippen LogP contribution in [0.15, 0.2) is 22.7 Å². The second-order valence-corrected chi connectivity index (χ2v) is 4.89. The highest BCUT2D eigenvalue weighted by molar-refractivity contribution is 9.10. The summed E-state index contributed by atoms with van der Waals surface area (Å²) in [6.07, 6.45) is 1.15. The van der Waals surface area contributed by atoms with Crippen LogP contribution in [0.25, 0.3) is 0 Å². The zero-order chi connectivity index (χ0) is 12.1. The van der Waals surface area contributed by atoms with Gasteiger partial charge in [-0.3, -0.25) is 0 Å². The van der Waals surface area contributed by atoms with Gasteiger partial charge in [-0.05, 0) is 36.7 Å². The number of hydrogen-bond acceptors (Lipinski definition) is 2. The van der Waals surface area contributed by atoms with Gasteiger partial charge in [-0.2, -0.15) is 0 Å². The van der Waals surface area contributed by atoms with Gasteiger partial charge in [0.15, 0.2) is 0 Å². The Morgan fingerprint density at radius 1 is 1.44 bits per heavy atom.